The number of rotatable bonds is 8. The number of halogens is 1. The lowest BCUT2D eigenvalue weighted by molar-refractivity contribution is -0.122. The lowest BCUT2D eigenvalue weighted by atomic mass is 10.1. The number of imide groups is 2. The summed E-state index contributed by atoms with van der Waals surface area (Å²) < 4.78 is 16.6. The number of nitrogens with one attached hydrogen (secondary N) is 2. The summed E-state index contributed by atoms with van der Waals surface area (Å²) in [6, 6.07) is 14.3. The number of methoxy groups -OCH3 is 2. The molecule has 0 aromatic heterocycles. The van der Waals surface area contributed by atoms with E-state index < -0.39 is 23.8 Å². The largest absolute Gasteiger partial charge is 0.508 e. The highest BCUT2D eigenvalue weighted by atomic mass is 79.9. The molecule has 0 bridgehead atoms. The van der Waals surface area contributed by atoms with Gasteiger partial charge < -0.3 is 24.6 Å². The van der Waals surface area contributed by atoms with Crippen LogP contribution in [0.5, 0.6) is 23.0 Å². The van der Waals surface area contributed by atoms with Crippen molar-refractivity contribution in [2.24, 2.45) is 0 Å². The van der Waals surface area contributed by atoms with E-state index in [0.717, 1.165) is 4.90 Å². The molecule has 1 aliphatic rings. The van der Waals surface area contributed by atoms with Crippen molar-refractivity contribution in [2.75, 3.05) is 31.0 Å². The average Bonchev–Trinajstić information content (AvgIpc) is 2.91. The third-order valence-electron chi connectivity index (χ3n) is 5.49. The van der Waals surface area contributed by atoms with Crippen LogP contribution in [-0.2, 0) is 14.4 Å². The van der Waals surface area contributed by atoms with E-state index in [1.807, 2.05) is 0 Å². The van der Waals surface area contributed by atoms with Gasteiger partial charge >= 0.3 is 6.03 Å². The molecule has 200 valence electrons. The number of phenolic OH excluding ortho intramolecular Hbond substituents is 1. The number of benzene rings is 3. The van der Waals surface area contributed by atoms with Crippen LogP contribution in [0, 0.1) is 0 Å². The number of carbonyl (C=O) groups excluding carboxylic acids is 4. The fourth-order valence-corrected chi connectivity index (χ4v) is 4.21. The molecule has 39 heavy (non-hydrogen) atoms. The Labute approximate surface area is 231 Å². The second-order valence-electron chi connectivity index (χ2n) is 8.07. The van der Waals surface area contributed by atoms with Crippen LogP contribution in [0.1, 0.15) is 5.56 Å². The molecule has 5 amide bonds. The molecule has 1 saturated heterocycles. The van der Waals surface area contributed by atoms with Gasteiger partial charge in [-0.2, -0.15) is 0 Å². The Morgan fingerprint density at radius 1 is 1.03 bits per heavy atom. The summed E-state index contributed by atoms with van der Waals surface area (Å²) in [5.74, 6) is -1.07. The first-order valence-electron chi connectivity index (χ1n) is 11.3. The van der Waals surface area contributed by atoms with Crippen molar-refractivity contribution in [3.05, 3.63) is 76.3 Å². The molecule has 1 heterocycles. The maximum atomic E-state index is 13.1. The van der Waals surface area contributed by atoms with Crippen molar-refractivity contribution in [3.63, 3.8) is 0 Å². The molecule has 0 unspecified atom stereocenters. The monoisotopic (exact) mass is 595 g/mol. The molecule has 0 aliphatic carbocycles. The zero-order valence-corrected chi connectivity index (χ0v) is 22.3. The van der Waals surface area contributed by atoms with Crippen LogP contribution in [0.15, 0.2) is 70.7 Å². The molecule has 0 atom stereocenters. The molecular formula is C27H22BrN3O8. The van der Waals surface area contributed by atoms with Gasteiger partial charge in [0, 0.05) is 5.69 Å². The third-order valence-corrected chi connectivity index (χ3v) is 6.08. The number of phenols is 1. The van der Waals surface area contributed by atoms with Gasteiger partial charge in [-0.15, -0.1) is 0 Å². The van der Waals surface area contributed by atoms with Gasteiger partial charge in [0.05, 0.1) is 24.4 Å². The number of nitrogens with zero attached hydrogens (tertiary/aromatic N) is 1. The molecule has 12 heteroatoms. The first-order valence-corrected chi connectivity index (χ1v) is 12.1. The lowest BCUT2D eigenvalue weighted by Gasteiger charge is -2.26. The second kappa shape index (κ2) is 11.7. The average molecular weight is 596 g/mol. The summed E-state index contributed by atoms with van der Waals surface area (Å²) in [6.45, 7) is -0.327. The Balaban J connectivity index is 1.53. The van der Waals surface area contributed by atoms with Gasteiger partial charge in [0.1, 0.15) is 17.1 Å². The molecule has 3 N–H and O–H groups in total. The van der Waals surface area contributed by atoms with E-state index in [9.17, 15) is 24.3 Å². The van der Waals surface area contributed by atoms with Gasteiger partial charge in [-0.25, -0.2) is 9.69 Å². The second-order valence-corrected chi connectivity index (χ2v) is 8.93. The van der Waals surface area contributed by atoms with Crippen molar-refractivity contribution < 1.29 is 38.5 Å². The highest BCUT2D eigenvalue weighted by molar-refractivity contribution is 9.10. The summed E-state index contributed by atoms with van der Waals surface area (Å²) in [5, 5.41) is 14.3. The van der Waals surface area contributed by atoms with Crippen molar-refractivity contribution in [1.29, 1.82) is 0 Å². The van der Waals surface area contributed by atoms with Gasteiger partial charge in [-0.05, 0) is 88.2 Å². The first kappa shape index (κ1) is 27.2. The first-order chi connectivity index (χ1) is 18.7. The number of hydrogen-bond donors (Lipinski definition) is 3. The van der Waals surface area contributed by atoms with E-state index in [1.54, 1.807) is 37.4 Å². The number of carbonyl (C=O) groups is 4. The predicted octanol–water partition coefficient (Wildman–Crippen LogP) is 3.86. The Bertz CT molecular complexity index is 1470. The zero-order valence-electron chi connectivity index (χ0n) is 20.7. The highest BCUT2D eigenvalue weighted by Gasteiger charge is 2.36. The quantitative estimate of drug-likeness (QED) is 0.263. The molecule has 0 radical (unpaired) electrons. The maximum absolute atomic E-state index is 13.1. The number of barbiturate groups is 1. The zero-order chi connectivity index (χ0) is 28.1. The Morgan fingerprint density at radius 2 is 1.72 bits per heavy atom. The van der Waals surface area contributed by atoms with E-state index in [4.69, 9.17) is 14.2 Å². The predicted molar refractivity (Wildman–Crippen MR) is 145 cm³/mol. The molecule has 11 nitrogen and oxygen atoms in total. The van der Waals surface area contributed by atoms with Crippen molar-refractivity contribution >= 4 is 57.1 Å². The van der Waals surface area contributed by atoms with E-state index in [-0.39, 0.29) is 35.1 Å². The summed E-state index contributed by atoms with van der Waals surface area (Å²) in [7, 11) is 2.94. The van der Waals surface area contributed by atoms with E-state index >= 15 is 0 Å². The Kier molecular flexibility index (Phi) is 8.15. The van der Waals surface area contributed by atoms with Gasteiger partial charge in [0.2, 0.25) is 0 Å². The normalized spacial score (nSPS) is 14.2. The Morgan fingerprint density at radius 3 is 2.36 bits per heavy atom. The fourth-order valence-electron chi connectivity index (χ4n) is 3.63. The van der Waals surface area contributed by atoms with Crippen molar-refractivity contribution in [2.45, 2.75) is 0 Å². The number of anilines is 2. The number of ether oxygens (including phenoxy) is 3. The molecule has 4 rings (SSSR count). The number of amides is 5. The topological polar surface area (TPSA) is 143 Å². The standard InChI is InChI=1S/C27H22BrN3O8/c1-37-19-9-3-16(4-10-19)29-23(33)14-39-24-21(28)12-15(13-22(24)38-2)11-20-25(34)30-27(36)31(26(20)35)17-5-7-18(32)8-6-17/h3-13,32H,14H2,1-2H3,(H,29,33)(H,30,34,36)/b20-11-. The van der Waals surface area contributed by atoms with Gasteiger partial charge in [0.25, 0.3) is 17.7 Å². The van der Waals surface area contributed by atoms with Gasteiger partial charge in [-0.3, -0.25) is 19.7 Å². The minimum absolute atomic E-state index is 0.0482. The van der Waals surface area contributed by atoms with E-state index in [2.05, 4.69) is 26.6 Å². The van der Waals surface area contributed by atoms with Crippen LogP contribution in [0.2, 0.25) is 0 Å². The van der Waals surface area contributed by atoms with Crippen molar-refractivity contribution in [3.8, 4) is 23.0 Å². The highest BCUT2D eigenvalue weighted by Crippen LogP contribution is 2.37. The van der Waals surface area contributed by atoms with Crippen LogP contribution < -0.4 is 29.7 Å². The Hall–Kier alpha value is -4.84. The molecular weight excluding hydrogens is 574 g/mol. The summed E-state index contributed by atoms with van der Waals surface area (Å²) in [5.41, 5.74) is 0.813. The van der Waals surface area contributed by atoms with Crippen LogP contribution in [0.4, 0.5) is 16.2 Å². The molecule has 1 fully saturated rings. The number of hydrogen-bond acceptors (Lipinski definition) is 8. The van der Waals surface area contributed by atoms with Crippen LogP contribution in [-0.4, -0.2) is 49.7 Å². The lowest BCUT2D eigenvalue weighted by Crippen LogP contribution is -2.54. The fraction of sp³-hybridized carbons (Fsp3) is 0.111. The van der Waals surface area contributed by atoms with Gasteiger partial charge in [0.15, 0.2) is 18.1 Å². The molecule has 3 aromatic carbocycles. The van der Waals surface area contributed by atoms with Crippen molar-refractivity contribution in [1.82, 2.24) is 5.32 Å². The smallest absolute Gasteiger partial charge is 0.335 e. The van der Waals surface area contributed by atoms with E-state index in [1.165, 1.54) is 43.5 Å². The number of urea groups is 1. The molecule has 0 spiro atoms. The van der Waals surface area contributed by atoms with Crippen LogP contribution in [0.3, 0.4) is 0 Å². The van der Waals surface area contributed by atoms with Crippen LogP contribution in [0.25, 0.3) is 6.08 Å². The minimum Gasteiger partial charge on any atom is -0.508 e. The molecule has 1 aliphatic heterocycles. The van der Waals surface area contributed by atoms with E-state index in [0.29, 0.717) is 21.5 Å². The van der Waals surface area contributed by atoms with Gasteiger partial charge in [-0.1, -0.05) is 0 Å². The molecule has 3 aromatic rings. The minimum atomic E-state index is -0.914. The third kappa shape index (κ3) is 6.18. The molecule has 0 saturated carbocycles. The summed E-state index contributed by atoms with van der Waals surface area (Å²) in [6.07, 6.45) is 1.30. The summed E-state index contributed by atoms with van der Waals surface area (Å²) in [4.78, 5) is 51.2. The summed E-state index contributed by atoms with van der Waals surface area (Å²) >= 11 is 3.38. The van der Waals surface area contributed by atoms with Crippen LogP contribution >= 0.6 is 15.9 Å². The maximum Gasteiger partial charge on any atom is 0.335 e. The number of aromatic hydroxyl groups is 1. The SMILES string of the molecule is COc1ccc(NC(=O)COc2c(Br)cc(/C=C3/C(=O)NC(=O)N(c4ccc(O)cc4)C3=O)cc2OC)cc1.